The number of likely N-dealkylation sites (tertiary alicyclic amines) is 1. The number of phenolic OH excluding ortho intramolecular Hbond substituents is 1. The van der Waals surface area contributed by atoms with Gasteiger partial charge in [0.25, 0.3) is 0 Å². The summed E-state index contributed by atoms with van der Waals surface area (Å²) in [5.74, 6) is -12.2. The standard InChI is InChI=1S/C78H132N14O19S2/c1-9-12-15-16-17-18-19-20-21-22-23-24-26-32-65(98)82-57(39-42-112-7)69(102)81-47-66(99)83-60(45-52-33-35-53(96)36-34-52)74(107)86-56(37-38-64(80)97)72(105)85-54(29-25-13-10-2)70(103)84-55(30-27-28-41-79)71(104)89-61-44-49(4)92(78(61)111)63(31-14-11-3)76(109)90-62(48-93)75(108)87-58(40-43-113-8)73(106)91-68(51(6)95)77(110)88-59(50(5)94)46-67(100)101/h33-36,49,51,54-63,68,93,95-96H,9-32,37-48,79H2,1-8H3,(H2,80,97)(H,81,102)(H,82,98)(H,83,99)(H,84,103)(H,85,105)(H,86,107)(H,87,108)(H,88,110)(H,89,104)(H,90,109)(H,91,106)(H,100,101)/t49?,51-,54+,55+,56+,57+,58+,59+,60-,61+,62+,63+,68+/m1/s1. The molecule has 1 heterocycles. The second-order valence-electron chi connectivity index (χ2n) is 29.2. The van der Waals surface area contributed by atoms with Gasteiger partial charge in [0.15, 0.2) is 5.78 Å². The Balaban J connectivity index is 2.37. The summed E-state index contributed by atoms with van der Waals surface area (Å²) in [4.78, 5) is 206. The van der Waals surface area contributed by atoms with Crippen LogP contribution in [0.2, 0.25) is 0 Å². The predicted molar refractivity (Wildman–Crippen MR) is 432 cm³/mol. The van der Waals surface area contributed by atoms with Gasteiger partial charge in [-0.2, -0.15) is 23.5 Å². The quantitative estimate of drug-likeness (QED) is 0.0417. The van der Waals surface area contributed by atoms with Crippen LogP contribution < -0.4 is 70.0 Å². The average Bonchev–Trinajstić information content (AvgIpc) is 1.65. The minimum absolute atomic E-state index is 0.00697. The molecular formula is C78H132N14O19S2. The molecule has 1 aliphatic rings. The molecule has 1 saturated heterocycles. The Labute approximate surface area is 674 Å². The molecule has 1 aliphatic heterocycles. The van der Waals surface area contributed by atoms with E-state index < -0.39 is 187 Å². The number of aliphatic hydroxyl groups is 2. The Morgan fingerprint density at radius 2 is 0.965 bits per heavy atom. The number of aliphatic hydroxyl groups excluding tert-OH is 2. The lowest BCUT2D eigenvalue weighted by Gasteiger charge is -2.32. The smallest absolute Gasteiger partial charge is 0.305 e. The van der Waals surface area contributed by atoms with Gasteiger partial charge < -0.3 is 95.3 Å². The lowest BCUT2D eigenvalue weighted by molar-refractivity contribution is -0.142. The van der Waals surface area contributed by atoms with Gasteiger partial charge in [-0.05, 0) is 133 Å². The molecule has 1 aromatic rings. The molecular weight excluding hydrogens is 1500 g/mol. The third kappa shape index (κ3) is 40.6. The summed E-state index contributed by atoms with van der Waals surface area (Å²) in [5, 5.41) is 68.8. The van der Waals surface area contributed by atoms with E-state index in [9.17, 15) is 92.3 Å². The average molecular weight is 1630 g/mol. The fourth-order valence-electron chi connectivity index (χ4n) is 12.9. The number of hydrogen-bond donors (Lipinski definition) is 17. The van der Waals surface area contributed by atoms with Gasteiger partial charge in [-0.1, -0.05) is 142 Å². The number of phenols is 1. The van der Waals surface area contributed by atoms with E-state index in [-0.39, 0.29) is 81.7 Å². The second kappa shape index (κ2) is 57.8. The van der Waals surface area contributed by atoms with Crippen molar-refractivity contribution in [2.24, 2.45) is 11.5 Å². The van der Waals surface area contributed by atoms with Crippen molar-refractivity contribution in [1.82, 2.24) is 63.4 Å². The number of carboxylic acid groups (broad SMARTS) is 1. The Hall–Kier alpha value is -8.15. The van der Waals surface area contributed by atoms with Gasteiger partial charge in [-0.15, -0.1) is 0 Å². The van der Waals surface area contributed by atoms with Crippen molar-refractivity contribution in [2.75, 3.05) is 43.7 Å². The maximum absolute atomic E-state index is 14.7. The number of benzene rings is 1. The van der Waals surface area contributed by atoms with Gasteiger partial charge in [0.05, 0.1) is 31.7 Å². The summed E-state index contributed by atoms with van der Waals surface area (Å²) < 4.78 is 0. The zero-order valence-electron chi connectivity index (χ0n) is 67.6. The van der Waals surface area contributed by atoms with Crippen molar-refractivity contribution in [3.63, 3.8) is 0 Å². The number of nitrogens with zero attached hydrogens (tertiary/aromatic N) is 1. The van der Waals surface area contributed by atoms with Crippen LogP contribution in [0.25, 0.3) is 0 Å². The van der Waals surface area contributed by atoms with E-state index in [2.05, 4.69) is 65.4 Å². The van der Waals surface area contributed by atoms with E-state index in [1.807, 2.05) is 20.1 Å². The monoisotopic (exact) mass is 1630 g/mol. The highest BCUT2D eigenvalue weighted by atomic mass is 32.2. The number of aliphatic carboxylic acids is 1. The van der Waals surface area contributed by atoms with Crippen molar-refractivity contribution in [1.29, 1.82) is 0 Å². The van der Waals surface area contributed by atoms with Gasteiger partial charge in [-0.25, -0.2) is 0 Å². The zero-order valence-corrected chi connectivity index (χ0v) is 69.2. The highest BCUT2D eigenvalue weighted by Gasteiger charge is 2.46. The van der Waals surface area contributed by atoms with Crippen molar-refractivity contribution in [2.45, 2.75) is 319 Å². The highest BCUT2D eigenvalue weighted by molar-refractivity contribution is 7.98. The van der Waals surface area contributed by atoms with E-state index in [0.29, 0.717) is 62.7 Å². The lowest BCUT2D eigenvalue weighted by atomic mass is 10.0. The summed E-state index contributed by atoms with van der Waals surface area (Å²) >= 11 is 2.76. The van der Waals surface area contributed by atoms with E-state index in [1.165, 1.54) is 104 Å². The summed E-state index contributed by atoms with van der Waals surface area (Å²) in [6, 6.07) is -10.7. The molecule has 2 rings (SSSR count). The number of nitrogens with one attached hydrogen (secondary N) is 11. The topological polar surface area (TPSA) is 525 Å². The van der Waals surface area contributed by atoms with E-state index >= 15 is 0 Å². The number of primary amides is 1. The van der Waals surface area contributed by atoms with Gasteiger partial charge in [-0.3, -0.25) is 71.9 Å². The predicted octanol–water partition coefficient (Wildman–Crippen LogP) is 2.48. The molecule has 19 N–H and O–H groups in total. The molecule has 1 aromatic carbocycles. The number of thioether (sulfide) groups is 2. The number of unbranched alkanes of at least 4 members (excludes halogenated alkanes) is 16. The summed E-state index contributed by atoms with van der Waals surface area (Å²) in [6.45, 7) is 8.38. The van der Waals surface area contributed by atoms with Crippen LogP contribution in [0.4, 0.5) is 0 Å². The number of ketones is 1. The van der Waals surface area contributed by atoms with Crippen molar-refractivity contribution >= 4 is 112 Å². The number of Topliss-reactive ketones (excluding diaryl/α,β-unsaturated/α-hetero) is 1. The van der Waals surface area contributed by atoms with Crippen LogP contribution in [0.3, 0.4) is 0 Å². The third-order valence-electron chi connectivity index (χ3n) is 19.5. The molecule has 35 heteroatoms. The molecule has 13 amide bonds. The largest absolute Gasteiger partial charge is 0.508 e. The Bertz CT molecular complexity index is 3160. The van der Waals surface area contributed by atoms with Crippen molar-refractivity contribution < 1.29 is 92.3 Å². The highest BCUT2D eigenvalue weighted by Crippen LogP contribution is 2.26. The molecule has 0 spiro atoms. The molecule has 0 aliphatic carbocycles. The lowest BCUT2D eigenvalue weighted by Crippen LogP contribution is -2.61. The summed E-state index contributed by atoms with van der Waals surface area (Å²) in [7, 11) is 0. The van der Waals surface area contributed by atoms with Crippen LogP contribution in [0.5, 0.6) is 5.75 Å². The first kappa shape index (κ1) is 101. The second-order valence-corrected chi connectivity index (χ2v) is 31.2. The maximum atomic E-state index is 14.7. The molecule has 1 fully saturated rings. The SMILES string of the molecule is CCCCCCCCCCCCCCCC(=O)N[C@@H](CCSC)C(=O)NCC(=O)N[C@H](Cc1ccc(O)cc1)C(=O)N[C@@H](CCC(N)=O)C(=O)N[C@@H](CCCCC)C(=O)N[C@@H](CCCCN)C(=O)N[C@H]1CC(C)N([C@@H](CCCC)C(=O)N[C@@H](CO)C(=O)N[C@@H](CCSC)C(=O)N[C@H](C(=O)N[C@@H](CC(=O)O)C(C)=O)[C@@H](C)O)C1=O. The third-order valence-corrected chi connectivity index (χ3v) is 20.8. The summed E-state index contributed by atoms with van der Waals surface area (Å²) in [5.41, 5.74) is 11.9. The van der Waals surface area contributed by atoms with E-state index in [4.69, 9.17) is 11.5 Å². The van der Waals surface area contributed by atoms with Gasteiger partial charge in [0, 0.05) is 25.3 Å². The first-order valence-corrected chi connectivity index (χ1v) is 43.1. The number of aromatic hydroxyl groups is 1. The fourth-order valence-corrected chi connectivity index (χ4v) is 13.9. The van der Waals surface area contributed by atoms with Gasteiger partial charge >= 0.3 is 5.97 Å². The number of carbonyl (C=O) groups is 15. The number of hydrogen-bond acceptors (Lipinski definition) is 21. The molecule has 0 radical (unpaired) electrons. The Morgan fingerprint density at radius 1 is 0.513 bits per heavy atom. The summed E-state index contributed by atoms with van der Waals surface area (Å²) in [6.07, 6.45) is 18.8. The maximum Gasteiger partial charge on any atom is 0.305 e. The molecule has 13 atom stereocenters. The molecule has 0 aromatic heterocycles. The minimum Gasteiger partial charge on any atom is -0.508 e. The number of nitrogens with two attached hydrogens (primary N) is 2. The van der Waals surface area contributed by atoms with E-state index in [1.54, 1.807) is 13.2 Å². The number of carboxylic acids is 1. The van der Waals surface area contributed by atoms with Crippen molar-refractivity contribution in [3.05, 3.63) is 29.8 Å². The molecule has 0 saturated carbocycles. The van der Waals surface area contributed by atoms with E-state index in [0.717, 1.165) is 39.5 Å². The molecule has 33 nitrogen and oxygen atoms in total. The molecule has 0 bridgehead atoms. The Kier molecular flexibility index (Phi) is 51.6. The van der Waals surface area contributed by atoms with Gasteiger partial charge in [0.1, 0.15) is 66.2 Å². The normalized spacial score (nSPS) is 16.2. The van der Waals surface area contributed by atoms with Crippen LogP contribution in [-0.4, -0.2) is 236 Å². The first-order chi connectivity index (χ1) is 53.9. The van der Waals surface area contributed by atoms with Crippen LogP contribution in [0.1, 0.15) is 240 Å². The molecule has 640 valence electrons. The van der Waals surface area contributed by atoms with Crippen LogP contribution in [-0.2, 0) is 78.3 Å². The minimum atomic E-state index is -1.73. The van der Waals surface area contributed by atoms with Crippen LogP contribution in [0, 0.1) is 0 Å². The molecule has 1 unspecified atom stereocenters. The fraction of sp³-hybridized carbons (Fsp3) is 0.731. The number of amides is 13. The van der Waals surface area contributed by atoms with Crippen LogP contribution in [0.15, 0.2) is 24.3 Å². The molecule has 113 heavy (non-hydrogen) atoms. The van der Waals surface area contributed by atoms with Crippen molar-refractivity contribution in [3.8, 4) is 5.75 Å². The van der Waals surface area contributed by atoms with Crippen LogP contribution >= 0.6 is 23.5 Å². The Morgan fingerprint density at radius 3 is 1.47 bits per heavy atom. The first-order valence-electron chi connectivity index (χ1n) is 40.3. The zero-order chi connectivity index (χ0) is 84.4. The number of rotatable bonds is 63. The van der Waals surface area contributed by atoms with Gasteiger partial charge in [0.2, 0.25) is 76.8 Å². The number of carbonyl (C=O) groups excluding carboxylic acids is 14.